The summed E-state index contributed by atoms with van der Waals surface area (Å²) < 4.78 is 24.2. The Balaban J connectivity index is 1.88. The van der Waals surface area contributed by atoms with Crippen LogP contribution in [-0.2, 0) is 4.74 Å². The largest absolute Gasteiger partial charge is 0.761 e. The maximum Gasteiger partial charge on any atom is 0.407 e. The minimum absolute atomic E-state index is 0.0629. The molecule has 1 saturated carbocycles. The lowest BCUT2D eigenvalue weighted by molar-refractivity contribution is 0.0503. The molecule has 7 heteroatoms. The second kappa shape index (κ2) is 7.04. The number of carbonyl (C=O) groups is 1. The summed E-state index contributed by atoms with van der Waals surface area (Å²) >= 11 is 0. The van der Waals surface area contributed by atoms with E-state index in [1.54, 1.807) is 26.3 Å². The second-order valence-electron chi connectivity index (χ2n) is 6.64. The summed E-state index contributed by atoms with van der Waals surface area (Å²) in [5, 5.41) is 13.7. The van der Waals surface area contributed by atoms with Crippen LogP contribution in [0.2, 0.25) is 0 Å². The smallest absolute Gasteiger partial charge is 0.407 e. The summed E-state index contributed by atoms with van der Waals surface area (Å²) in [4.78, 5) is 11.7. The van der Waals surface area contributed by atoms with Crippen LogP contribution in [-0.4, -0.2) is 23.8 Å². The van der Waals surface area contributed by atoms with Gasteiger partial charge in [0.25, 0.3) is 0 Å². The summed E-state index contributed by atoms with van der Waals surface area (Å²) in [6, 6.07) is 3.64. The number of amides is 1. The lowest BCUT2D eigenvalue weighted by atomic mass is 10.2. The fraction of sp³-hybridized carbons (Fsp3) is 0.562. The van der Waals surface area contributed by atoms with Gasteiger partial charge in [0.1, 0.15) is 23.3 Å². The van der Waals surface area contributed by atoms with Crippen LogP contribution in [0.3, 0.4) is 0 Å². The molecule has 2 rings (SSSR count). The molecule has 1 aromatic carbocycles. The van der Waals surface area contributed by atoms with E-state index >= 15 is 0 Å². The van der Waals surface area contributed by atoms with Crippen molar-refractivity contribution in [3.63, 3.8) is 0 Å². The first-order chi connectivity index (χ1) is 10.8. The van der Waals surface area contributed by atoms with Crippen LogP contribution in [0, 0.1) is 11.0 Å². The van der Waals surface area contributed by atoms with Crippen molar-refractivity contribution in [3.05, 3.63) is 29.2 Å². The standard InChI is InChI=1S/C16H22FN2O4/c1-16(2,3)23-15(20)18-11-5-6-12(9-11)22-14-8-10(17)4-7-13(14)19-21/h4,7-8,11-12,19H,5-6,9H2,1-3H3,(H,18,20)/q-1/t11-,12-/m0/s1. The molecule has 1 aliphatic rings. The molecule has 0 aliphatic heterocycles. The van der Waals surface area contributed by atoms with Crippen molar-refractivity contribution in [2.45, 2.75) is 57.8 Å². The fourth-order valence-corrected chi connectivity index (χ4v) is 2.51. The van der Waals surface area contributed by atoms with Gasteiger partial charge in [-0.15, -0.1) is 0 Å². The van der Waals surface area contributed by atoms with Crippen molar-refractivity contribution in [3.8, 4) is 5.75 Å². The minimum Gasteiger partial charge on any atom is -0.761 e. The van der Waals surface area contributed by atoms with Crippen LogP contribution in [0.25, 0.3) is 0 Å². The normalized spacial score (nSPS) is 20.9. The molecule has 0 bridgehead atoms. The average Bonchev–Trinajstić information content (AvgIpc) is 2.84. The Morgan fingerprint density at radius 1 is 1.35 bits per heavy atom. The first-order valence-electron chi connectivity index (χ1n) is 7.61. The minimum atomic E-state index is -0.547. The van der Waals surface area contributed by atoms with Gasteiger partial charge in [-0.2, -0.15) is 0 Å². The molecular formula is C16H22FN2O4-. The second-order valence-corrected chi connectivity index (χ2v) is 6.64. The van der Waals surface area contributed by atoms with Gasteiger partial charge < -0.3 is 25.5 Å². The number of hydrogen-bond donors (Lipinski definition) is 2. The van der Waals surface area contributed by atoms with E-state index in [0.717, 1.165) is 6.42 Å². The third-order valence-electron chi connectivity index (χ3n) is 3.45. The predicted octanol–water partition coefficient (Wildman–Crippen LogP) is 3.56. The van der Waals surface area contributed by atoms with Crippen LogP contribution in [0.15, 0.2) is 18.2 Å². The van der Waals surface area contributed by atoms with E-state index in [-0.39, 0.29) is 23.6 Å². The molecule has 0 heterocycles. The summed E-state index contributed by atoms with van der Waals surface area (Å²) in [6.45, 7) is 5.40. The van der Waals surface area contributed by atoms with Crippen LogP contribution >= 0.6 is 0 Å². The van der Waals surface area contributed by atoms with Crippen molar-refractivity contribution in [2.75, 3.05) is 5.48 Å². The molecule has 1 aliphatic carbocycles. The van der Waals surface area contributed by atoms with E-state index < -0.39 is 17.5 Å². The highest BCUT2D eigenvalue weighted by Crippen LogP contribution is 2.30. The molecule has 0 aromatic heterocycles. The van der Waals surface area contributed by atoms with Crippen molar-refractivity contribution in [2.24, 2.45) is 0 Å². The SMILES string of the molecule is CC(C)(C)OC(=O)N[C@H]1CC[C@H](Oc2cc(F)ccc2N[O-])C1. The number of nitrogens with one attached hydrogen (secondary N) is 2. The van der Waals surface area contributed by atoms with E-state index in [4.69, 9.17) is 9.47 Å². The monoisotopic (exact) mass is 325 g/mol. The molecule has 23 heavy (non-hydrogen) atoms. The number of halogens is 1. The molecule has 1 aromatic rings. The van der Waals surface area contributed by atoms with Crippen LogP contribution in [0.4, 0.5) is 14.9 Å². The van der Waals surface area contributed by atoms with Crippen molar-refractivity contribution >= 4 is 11.8 Å². The number of ether oxygens (including phenoxy) is 2. The number of carbonyl (C=O) groups excluding carboxylic acids is 1. The maximum absolute atomic E-state index is 13.3. The zero-order valence-corrected chi connectivity index (χ0v) is 13.5. The molecule has 6 nitrogen and oxygen atoms in total. The van der Waals surface area contributed by atoms with Crippen molar-refractivity contribution in [1.82, 2.24) is 5.32 Å². The van der Waals surface area contributed by atoms with Gasteiger partial charge in [0.05, 0.1) is 5.69 Å². The van der Waals surface area contributed by atoms with Gasteiger partial charge in [-0.25, -0.2) is 9.18 Å². The van der Waals surface area contributed by atoms with E-state index in [1.807, 2.05) is 0 Å². The summed E-state index contributed by atoms with van der Waals surface area (Å²) in [7, 11) is 0. The predicted molar refractivity (Wildman–Crippen MR) is 84.8 cm³/mol. The summed E-state index contributed by atoms with van der Waals surface area (Å²) in [6.07, 6.45) is 1.36. The molecule has 0 unspecified atom stereocenters. The van der Waals surface area contributed by atoms with Gasteiger partial charge in [-0.1, -0.05) is 0 Å². The van der Waals surface area contributed by atoms with E-state index in [1.165, 1.54) is 18.2 Å². The van der Waals surface area contributed by atoms with Crippen molar-refractivity contribution in [1.29, 1.82) is 0 Å². The Labute approximate surface area is 134 Å². The first kappa shape index (κ1) is 17.3. The number of alkyl carbamates (subject to hydrolysis) is 1. The summed E-state index contributed by atoms with van der Waals surface area (Å²) in [5.74, 6) is -0.289. The van der Waals surface area contributed by atoms with E-state index in [2.05, 4.69) is 5.32 Å². The quantitative estimate of drug-likeness (QED) is 0.827. The number of benzene rings is 1. The number of rotatable bonds is 4. The third kappa shape index (κ3) is 5.28. The lowest BCUT2D eigenvalue weighted by Crippen LogP contribution is -2.38. The van der Waals surface area contributed by atoms with Crippen LogP contribution in [0.5, 0.6) is 5.75 Å². The van der Waals surface area contributed by atoms with Crippen LogP contribution in [0.1, 0.15) is 40.0 Å². The Morgan fingerprint density at radius 3 is 2.74 bits per heavy atom. The molecule has 2 N–H and O–H groups in total. The molecule has 2 atom stereocenters. The lowest BCUT2D eigenvalue weighted by Gasteiger charge is -2.22. The molecule has 0 radical (unpaired) electrons. The van der Waals surface area contributed by atoms with Gasteiger partial charge in [-0.05, 0) is 45.7 Å². The van der Waals surface area contributed by atoms with E-state index in [0.29, 0.717) is 12.8 Å². The molecular weight excluding hydrogens is 303 g/mol. The highest BCUT2D eigenvalue weighted by molar-refractivity contribution is 5.68. The van der Waals surface area contributed by atoms with Crippen molar-refractivity contribution < 1.29 is 18.7 Å². The Hall–Kier alpha value is -2.02. The average molecular weight is 325 g/mol. The molecule has 1 fully saturated rings. The Kier molecular flexibility index (Phi) is 5.30. The summed E-state index contributed by atoms with van der Waals surface area (Å²) in [5.41, 5.74) is 1.38. The van der Waals surface area contributed by atoms with Gasteiger partial charge in [-0.3, -0.25) is 0 Å². The van der Waals surface area contributed by atoms with Gasteiger partial charge in [0.15, 0.2) is 0 Å². The topological polar surface area (TPSA) is 82.7 Å². The maximum atomic E-state index is 13.3. The number of hydrogen-bond acceptors (Lipinski definition) is 5. The molecule has 1 amide bonds. The molecule has 0 saturated heterocycles. The Morgan fingerprint density at radius 2 is 2.09 bits per heavy atom. The van der Waals surface area contributed by atoms with Gasteiger partial charge >= 0.3 is 6.09 Å². The fourth-order valence-electron chi connectivity index (χ4n) is 2.51. The highest BCUT2D eigenvalue weighted by Gasteiger charge is 2.29. The molecule has 128 valence electrons. The highest BCUT2D eigenvalue weighted by atomic mass is 19.1. The zero-order chi connectivity index (χ0) is 17.0. The van der Waals surface area contributed by atoms with Crippen LogP contribution < -0.4 is 15.5 Å². The van der Waals surface area contributed by atoms with E-state index in [9.17, 15) is 14.4 Å². The van der Waals surface area contributed by atoms with Gasteiger partial charge in [0, 0.05) is 18.5 Å². The number of anilines is 1. The Bertz CT molecular complexity index is 560. The zero-order valence-electron chi connectivity index (χ0n) is 13.5. The first-order valence-corrected chi connectivity index (χ1v) is 7.61. The van der Waals surface area contributed by atoms with Gasteiger partial charge in [0.2, 0.25) is 0 Å². The third-order valence-corrected chi connectivity index (χ3v) is 3.45. The molecule has 0 spiro atoms.